The van der Waals surface area contributed by atoms with Crippen LogP contribution in [-0.2, 0) is 20.4 Å². The Hall–Kier alpha value is -1.36. The van der Waals surface area contributed by atoms with Crippen LogP contribution in [0, 0.1) is 13.8 Å². The molecule has 0 aliphatic rings. The highest BCUT2D eigenvalue weighted by Crippen LogP contribution is 2.14. The van der Waals surface area contributed by atoms with Crippen LogP contribution in [0.5, 0.6) is 0 Å². The molecule has 0 heterocycles. The highest BCUT2D eigenvalue weighted by Gasteiger charge is 2.18. The quantitative estimate of drug-likeness (QED) is 0.865. The van der Waals surface area contributed by atoms with Crippen LogP contribution in [0.3, 0.4) is 0 Å². The van der Waals surface area contributed by atoms with Crippen molar-refractivity contribution in [3.63, 3.8) is 0 Å². The minimum absolute atomic E-state index is 0.0833. The molecule has 0 aromatic heterocycles. The Balaban J connectivity index is 2.74. The molecule has 1 N–H and O–H groups in total. The number of carbonyl (C=O) groups is 1. The first-order valence-electron chi connectivity index (χ1n) is 6.37. The zero-order valence-corrected chi connectivity index (χ0v) is 12.5. The van der Waals surface area contributed by atoms with E-state index >= 15 is 0 Å². The van der Waals surface area contributed by atoms with Gasteiger partial charge in [-0.3, -0.25) is 4.79 Å². The van der Waals surface area contributed by atoms with Gasteiger partial charge in [-0.05, 0) is 31.4 Å². The van der Waals surface area contributed by atoms with E-state index in [0.717, 1.165) is 23.1 Å². The highest BCUT2D eigenvalue weighted by molar-refractivity contribution is 7.91. The molecule has 4 nitrogen and oxygen atoms in total. The van der Waals surface area contributed by atoms with Gasteiger partial charge < -0.3 is 5.32 Å². The summed E-state index contributed by atoms with van der Waals surface area (Å²) in [6, 6.07) is 5.70. The average molecular weight is 283 g/mol. The third-order valence-electron chi connectivity index (χ3n) is 2.80. The second kappa shape index (κ2) is 6.70. The van der Waals surface area contributed by atoms with Gasteiger partial charge in [-0.1, -0.05) is 30.7 Å². The number of rotatable bonds is 6. The van der Waals surface area contributed by atoms with Gasteiger partial charge in [0.05, 0.1) is 5.75 Å². The molecule has 106 valence electrons. The van der Waals surface area contributed by atoms with Gasteiger partial charge in [-0.2, -0.15) is 0 Å². The first kappa shape index (κ1) is 15.7. The predicted octanol–water partition coefficient (Wildman–Crippen LogP) is 1.74. The summed E-state index contributed by atoms with van der Waals surface area (Å²) in [5.41, 5.74) is 2.72. The highest BCUT2D eigenvalue weighted by atomic mass is 32.2. The van der Waals surface area contributed by atoms with Gasteiger partial charge in [-0.15, -0.1) is 0 Å². The van der Waals surface area contributed by atoms with Crippen molar-refractivity contribution in [3.05, 3.63) is 34.9 Å². The summed E-state index contributed by atoms with van der Waals surface area (Å²) in [5.74, 6) is -0.951. The van der Waals surface area contributed by atoms with E-state index in [9.17, 15) is 13.2 Å². The Bertz CT molecular complexity index is 550. The van der Waals surface area contributed by atoms with Gasteiger partial charge in [0, 0.05) is 6.54 Å². The molecule has 0 fully saturated rings. The van der Waals surface area contributed by atoms with Crippen molar-refractivity contribution in [2.75, 3.05) is 12.3 Å². The molecule has 1 aromatic carbocycles. The standard InChI is InChI=1S/C14H21NO3S/c1-4-7-15-14(16)10-19(17,18)9-13-8-11(2)5-6-12(13)3/h5-6,8H,4,7,9-10H2,1-3H3,(H,15,16). The molecule has 0 saturated heterocycles. The number of hydrogen-bond acceptors (Lipinski definition) is 3. The number of hydrogen-bond donors (Lipinski definition) is 1. The van der Waals surface area contributed by atoms with Crippen LogP contribution in [0.1, 0.15) is 30.0 Å². The SMILES string of the molecule is CCCNC(=O)CS(=O)(=O)Cc1cc(C)ccc1C. The predicted molar refractivity (Wildman–Crippen MR) is 76.7 cm³/mol. The summed E-state index contributed by atoms with van der Waals surface area (Å²) in [5, 5.41) is 2.58. The largest absolute Gasteiger partial charge is 0.355 e. The van der Waals surface area contributed by atoms with Gasteiger partial charge in [0.1, 0.15) is 5.75 Å². The minimum atomic E-state index is -3.42. The number of benzene rings is 1. The summed E-state index contributed by atoms with van der Waals surface area (Å²) in [6.07, 6.45) is 0.794. The van der Waals surface area contributed by atoms with E-state index in [4.69, 9.17) is 0 Å². The zero-order chi connectivity index (χ0) is 14.5. The molecule has 1 rings (SSSR count). The first-order chi connectivity index (χ1) is 8.84. The molecule has 1 amide bonds. The lowest BCUT2D eigenvalue weighted by Crippen LogP contribution is -2.31. The van der Waals surface area contributed by atoms with Crippen LogP contribution >= 0.6 is 0 Å². The Morgan fingerprint density at radius 1 is 1.26 bits per heavy atom. The number of amides is 1. The molecular formula is C14H21NO3S. The molecule has 0 unspecified atom stereocenters. The summed E-state index contributed by atoms with van der Waals surface area (Å²) in [7, 11) is -3.42. The Labute approximate surface area is 115 Å². The second-order valence-electron chi connectivity index (χ2n) is 4.81. The van der Waals surface area contributed by atoms with Gasteiger partial charge >= 0.3 is 0 Å². The maximum atomic E-state index is 12.0. The van der Waals surface area contributed by atoms with Gasteiger partial charge in [-0.25, -0.2) is 8.42 Å². The molecule has 0 bridgehead atoms. The average Bonchev–Trinajstić information content (AvgIpc) is 2.30. The van der Waals surface area contributed by atoms with Crippen molar-refractivity contribution in [3.8, 4) is 0 Å². The second-order valence-corrected chi connectivity index (χ2v) is 6.88. The molecular weight excluding hydrogens is 262 g/mol. The molecule has 19 heavy (non-hydrogen) atoms. The lowest BCUT2D eigenvalue weighted by molar-refractivity contribution is -0.118. The van der Waals surface area contributed by atoms with Gasteiger partial charge in [0.15, 0.2) is 9.84 Å². The molecule has 1 aromatic rings. The minimum Gasteiger partial charge on any atom is -0.355 e. The number of sulfone groups is 1. The summed E-state index contributed by atoms with van der Waals surface area (Å²) >= 11 is 0. The summed E-state index contributed by atoms with van der Waals surface area (Å²) in [6.45, 7) is 6.23. The third kappa shape index (κ3) is 5.42. The molecule has 0 radical (unpaired) electrons. The van der Waals surface area contributed by atoms with Crippen molar-refractivity contribution in [2.24, 2.45) is 0 Å². The first-order valence-corrected chi connectivity index (χ1v) is 8.19. The lowest BCUT2D eigenvalue weighted by Gasteiger charge is -2.08. The Morgan fingerprint density at radius 2 is 1.95 bits per heavy atom. The van der Waals surface area contributed by atoms with E-state index in [1.807, 2.05) is 39.0 Å². The molecule has 0 aliphatic carbocycles. The van der Waals surface area contributed by atoms with Crippen molar-refractivity contribution in [1.29, 1.82) is 0 Å². The molecule has 0 atom stereocenters. The van der Waals surface area contributed by atoms with E-state index in [2.05, 4.69) is 5.32 Å². The molecule has 0 aliphatic heterocycles. The number of nitrogens with one attached hydrogen (secondary N) is 1. The van der Waals surface area contributed by atoms with Crippen molar-refractivity contribution in [2.45, 2.75) is 32.9 Å². The van der Waals surface area contributed by atoms with Crippen LogP contribution in [0.2, 0.25) is 0 Å². The fraction of sp³-hybridized carbons (Fsp3) is 0.500. The summed E-state index contributed by atoms with van der Waals surface area (Å²) < 4.78 is 24.0. The molecule has 0 saturated carbocycles. The lowest BCUT2D eigenvalue weighted by atomic mass is 10.1. The Morgan fingerprint density at radius 3 is 2.58 bits per heavy atom. The summed E-state index contributed by atoms with van der Waals surface area (Å²) in [4.78, 5) is 11.5. The van der Waals surface area contributed by atoms with Crippen molar-refractivity contribution in [1.82, 2.24) is 5.32 Å². The normalized spacial score (nSPS) is 11.3. The van der Waals surface area contributed by atoms with E-state index in [0.29, 0.717) is 6.54 Å². The van der Waals surface area contributed by atoms with E-state index in [1.54, 1.807) is 0 Å². The maximum Gasteiger partial charge on any atom is 0.235 e. The van der Waals surface area contributed by atoms with Crippen molar-refractivity contribution < 1.29 is 13.2 Å². The van der Waals surface area contributed by atoms with Crippen LogP contribution in [0.4, 0.5) is 0 Å². The number of carbonyl (C=O) groups excluding carboxylic acids is 1. The fourth-order valence-electron chi connectivity index (χ4n) is 1.76. The van der Waals surface area contributed by atoms with Crippen LogP contribution < -0.4 is 5.32 Å². The molecule has 0 spiro atoms. The molecule has 5 heteroatoms. The monoisotopic (exact) mass is 283 g/mol. The van der Waals surface area contributed by atoms with E-state index in [1.165, 1.54) is 0 Å². The van der Waals surface area contributed by atoms with Gasteiger partial charge in [0.2, 0.25) is 5.91 Å². The maximum absolute atomic E-state index is 12.0. The van der Waals surface area contributed by atoms with E-state index < -0.39 is 21.5 Å². The van der Waals surface area contributed by atoms with Gasteiger partial charge in [0.25, 0.3) is 0 Å². The van der Waals surface area contributed by atoms with Crippen LogP contribution in [-0.4, -0.2) is 26.6 Å². The topological polar surface area (TPSA) is 63.2 Å². The fourth-order valence-corrected chi connectivity index (χ4v) is 3.15. The Kier molecular flexibility index (Phi) is 5.54. The van der Waals surface area contributed by atoms with Crippen LogP contribution in [0.15, 0.2) is 18.2 Å². The van der Waals surface area contributed by atoms with Crippen molar-refractivity contribution >= 4 is 15.7 Å². The third-order valence-corrected chi connectivity index (χ3v) is 4.26. The van der Waals surface area contributed by atoms with E-state index in [-0.39, 0.29) is 5.75 Å². The smallest absolute Gasteiger partial charge is 0.235 e. The number of aryl methyl sites for hydroxylation is 2. The van der Waals surface area contributed by atoms with Crippen LogP contribution in [0.25, 0.3) is 0 Å². The zero-order valence-electron chi connectivity index (χ0n) is 11.7.